The molecule has 0 bridgehead atoms. The molecule has 0 spiro atoms. The van der Waals surface area contributed by atoms with Crippen LogP contribution in [0.2, 0.25) is 0 Å². The molecule has 0 aliphatic heterocycles. The molecule has 100 valence electrons. The molecule has 1 aliphatic rings. The average Bonchev–Trinajstić information content (AvgIpc) is 2.37. The van der Waals surface area contributed by atoms with E-state index in [1.807, 2.05) is 0 Å². The van der Waals surface area contributed by atoms with E-state index in [1.54, 1.807) is 14.2 Å². The van der Waals surface area contributed by atoms with E-state index < -0.39 is 0 Å². The predicted octanol–water partition coefficient (Wildman–Crippen LogP) is 1.55. The van der Waals surface area contributed by atoms with Gasteiger partial charge in [0.1, 0.15) is 0 Å². The molecule has 0 saturated heterocycles. The highest BCUT2D eigenvalue weighted by molar-refractivity contribution is 5.38. The SMILES string of the molecule is CCN(CC1CCC1)c1nc(NC)nc(OC)n1. The first kappa shape index (κ1) is 12.9. The maximum Gasteiger partial charge on any atom is 0.322 e. The number of hydrogen-bond acceptors (Lipinski definition) is 6. The molecule has 0 unspecified atom stereocenters. The summed E-state index contributed by atoms with van der Waals surface area (Å²) < 4.78 is 5.11. The number of aromatic nitrogens is 3. The second kappa shape index (κ2) is 5.84. The lowest BCUT2D eigenvalue weighted by Crippen LogP contribution is -2.33. The fourth-order valence-electron chi connectivity index (χ4n) is 2.03. The molecule has 1 aromatic rings. The summed E-state index contributed by atoms with van der Waals surface area (Å²) in [4.78, 5) is 15.0. The lowest BCUT2D eigenvalue weighted by molar-refractivity contribution is 0.316. The van der Waals surface area contributed by atoms with E-state index in [0.717, 1.165) is 19.0 Å². The van der Waals surface area contributed by atoms with E-state index in [2.05, 4.69) is 32.1 Å². The Hall–Kier alpha value is -1.59. The first-order valence-electron chi connectivity index (χ1n) is 6.49. The van der Waals surface area contributed by atoms with Gasteiger partial charge in [-0.1, -0.05) is 6.42 Å². The van der Waals surface area contributed by atoms with E-state index in [-0.39, 0.29) is 0 Å². The maximum atomic E-state index is 5.11. The van der Waals surface area contributed by atoms with Crippen LogP contribution >= 0.6 is 0 Å². The minimum absolute atomic E-state index is 0.358. The van der Waals surface area contributed by atoms with Gasteiger partial charge < -0.3 is 15.0 Å². The molecule has 0 radical (unpaired) electrons. The highest BCUT2D eigenvalue weighted by Gasteiger charge is 2.22. The Morgan fingerprint density at radius 3 is 2.61 bits per heavy atom. The molecule has 0 amide bonds. The Labute approximate surface area is 108 Å². The third-order valence-electron chi connectivity index (χ3n) is 3.38. The smallest absolute Gasteiger partial charge is 0.322 e. The van der Waals surface area contributed by atoms with Crippen LogP contribution in [0, 0.1) is 5.92 Å². The normalized spacial score (nSPS) is 15.1. The molecule has 0 atom stereocenters. The average molecular weight is 251 g/mol. The van der Waals surface area contributed by atoms with E-state index >= 15 is 0 Å². The van der Waals surface area contributed by atoms with Crippen LogP contribution in [-0.2, 0) is 0 Å². The lowest BCUT2D eigenvalue weighted by Gasteiger charge is -2.31. The van der Waals surface area contributed by atoms with Crippen LogP contribution in [0.5, 0.6) is 6.01 Å². The fourth-order valence-corrected chi connectivity index (χ4v) is 2.03. The topological polar surface area (TPSA) is 63.2 Å². The molecule has 1 aromatic heterocycles. The Morgan fingerprint density at radius 1 is 1.33 bits per heavy atom. The van der Waals surface area contributed by atoms with Gasteiger partial charge >= 0.3 is 6.01 Å². The van der Waals surface area contributed by atoms with Crippen LogP contribution in [0.4, 0.5) is 11.9 Å². The van der Waals surface area contributed by atoms with Gasteiger partial charge in [-0.2, -0.15) is 15.0 Å². The molecule has 18 heavy (non-hydrogen) atoms. The molecule has 1 aliphatic carbocycles. The summed E-state index contributed by atoms with van der Waals surface area (Å²) in [6, 6.07) is 0.358. The standard InChI is InChI=1S/C12H21N5O/c1-4-17(8-9-6-5-7-9)11-14-10(13-2)15-12(16-11)18-3/h9H,4-8H2,1-3H3,(H,13,14,15,16). The van der Waals surface area contributed by atoms with Gasteiger partial charge in [0.2, 0.25) is 11.9 Å². The quantitative estimate of drug-likeness (QED) is 0.827. The van der Waals surface area contributed by atoms with Gasteiger partial charge in [-0.3, -0.25) is 0 Å². The van der Waals surface area contributed by atoms with E-state index in [9.17, 15) is 0 Å². The Bertz CT molecular complexity index is 372. The van der Waals surface area contributed by atoms with Crippen molar-refractivity contribution in [1.29, 1.82) is 0 Å². The summed E-state index contributed by atoms with van der Waals surface area (Å²) in [5, 5.41) is 2.93. The molecule has 0 aromatic carbocycles. The van der Waals surface area contributed by atoms with Crippen molar-refractivity contribution in [3.05, 3.63) is 0 Å². The van der Waals surface area contributed by atoms with Crippen molar-refractivity contribution in [3.8, 4) is 6.01 Å². The van der Waals surface area contributed by atoms with Crippen molar-refractivity contribution in [3.63, 3.8) is 0 Å². The number of ether oxygens (including phenoxy) is 1. The van der Waals surface area contributed by atoms with Gasteiger partial charge in [0, 0.05) is 20.1 Å². The summed E-state index contributed by atoms with van der Waals surface area (Å²) in [5.74, 6) is 2.02. The Morgan fingerprint density at radius 2 is 2.11 bits per heavy atom. The molecule has 6 heteroatoms. The second-order valence-corrected chi connectivity index (χ2v) is 4.53. The number of methoxy groups -OCH3 is 1. The molecule has 2 rings (SSSR count). The second-order valence-electron chi connectivity index (χ2n) is 4.53. The van der Waals surface area contributed by atoms with Crippen molar-refractivity contribution in [2.75, 3.05) is 37.5 Å². The Balaban J connectivity index is 2.16. The first-order valence-corrected chi connectivity index (χ1v) is 6.49. The number of nitrogens with zero attached hydrogens (tertiary/aromatic N) is 4. The molecule has 1 N–H and O–H groups in total. The van der Waals surface area contributed by atoms with Crippen molar-refractivity contribution < 1.29 is 4.74 Å². The maximum absolute atomic E-state index is 5.11. The third kappa shape index (κ3) is 2.80. The molecule has 1 fully saturated rings. The summed E-state index contributed by atoms with van der Waals surface area (Å²) in [6.07, 6.45) is 3.99. The molecule has 1 saturated carbocycles. The van der Waals surface area contributed by atoms with Gasteiger partial charge in [0.15, 0.2) is 0 Å². The van der Waals surface area contributed by atoms with Gasteiger partial charge in [-0.05, 0) is 25.7 Å². The van der Waals surface area contributed by atoms with Crippen molar-refractivity contribution in [1.82, 2.24) is 15.0 Å². The minimum atomic E-state index is 0.358. The lowest BCUT2D eigenvalue weighted by atomic mass is 9.85. The van der Waals surface area contributed by atoms with Gasteiger partial charge in [0.05, 0.1) is 7.11 Å². The third-order valence-corrected chi connectivity index (χ3v) is 3.38. The fraction of sp³-hybridized carbons (Fsp3) is 0.750. The van der Waals surface area contributed by atoms with Crippen molar-refractivity contribution in [2.45, 2.75) is 26.2 Å². The summed E-state index contributed by atoms with van der Waals surface area (Å²) in [7, 11) is 3.36. The Kier molecular flexibility index (Phi) is 4.17. The highest BCUT2D eigenvalue weighted by atomic mass is 16.5. The molecular formula is C12H21N5O. The number of rotatable bonds is 6. The highest BCUT2D eigenvalue weighted by Crippen LogP contribution is 2.28. The van der Waals surface area contributed by atoms with Crippen LogP contribution in [0.25, 0.3) is 0 Å². The van der Waals surface area contributed by atoms with Crippen LogP contribution in [-0.4, -0.2) is 42.2 Å². The monoisotopic (exact) mass is 251 g/mol. The zero-order valence-electron chi connectivity index (χ0n) is 11.3. The summed E-state index contributed by atoms with van der Waals surface area (Å²) in [6.45, 7) is 4.04. The van der Waals surface area contributed by atoms with E-state index in [0.29, 0.717) is 17.9 Å². The van der Waals surface area contributed by atoms with Crippen LogP contribution < -0.4 is 15.0 Å². The number of anilines is 2. The van der Waals surface area contributed by atoms with Gasteiger partial charge in [-0.25, -0.2) is 0 Å². The zero-order valence-corrected chi connectivity index (χ0v) is 11.3. The van der Waals surface area contributed by atoms with E-state index in [4.69, 9.17) is 4.74 Å². The van der Waals surface area contributed by atoms with Crippen LogP contribution in [0.1, 0.15) is 26.2 Å². The van der Waals surface area contributed by atoms with Crippen LogP contribution in [0.3, 0.4) is 0 Å². The first-order chi connectivity index (χ1) is 8.76. The molecular weight excluding hydrogens is 230 g/mol. The minimum Gasteiger partial charge on any atom is -0.467 e. The largest absolute Gasteiger partial charge is 0.467 e. The van der Waals surface area contributed by atoms with E-state index in [1.165, 1.54) is 19.3 Å². The molecule has 6 nitrogen and oxygen atoms in total. The number of hydrogen-bond donors (Lipinski definition) is 1. The van der Waals surface area contributed by atoms with Crippen molar-refractivity contribution >= 4 is 11.9 Å². The summed E-state index contributed by atoms with van der Waals surface area (Å²) in [5.41, 5.74) is 0. The van der Waals surface area contributed by atoms with Crippen LogP contribution in [0.15, 0.2) is 0 Å². The van der Waals surface area contributed by atoms with Crippen molar-refractivity contribution in [2.24, 2.45) is 5.92 Å². The van der Waals surface area contributed by atoms with Gasteiger partial charge in [-0.15, -0.1) is 0 Å². The molecule has 1 heterocycles. The summed E-state index contributed by atoms with van der Waals surface area (Å²) >= 11 is 0. The number of nitrogens with one attached hydrogen (secondary N) is 1. The zero-order chi connectivity index (χ0) is 13.0. The predicted molar refractivity (Wildman–Crippen MR) is 71.2 cm³/mol. The van der Waals surface area contributed by atoms with Gasteiger partial charge in [0.25, 0.3) is 0 Å².